The molecule has 0 radical (unpaired) electrons. The highest BCUT2D eigenvalue weighted by Gasteiger charge is 2.48. The van der Waals surface area contributed by atoms with Gasteiger partial charge in [0, 0.05) is 10.8 Å². The maximum Gasteiger partial charge on any atom is 0.136 e. The minimum Gasteiger partial charge on any atom is -0.456 e. The topological polar surface area (TPSA) is 13.1 Å². The molecule has 1 aliphatic rings. The minimum atomic E-state index is -0.582. The number of fused-ring (bicyclic) bond motifs is 9. The molecule has 0 unspecified atom stereocenters. The summed E-state index contributed by atoms with van der Waals surface area (Å²) in [6.45, 7) is 0. The van der Waals surface area contributed by atoms with Crippen molar-refractivity contribution in [3.63, 3.8) is 0 Å². The van der Waals surface area contributed by atoms with Crippen LogP contribution in [0, 0.1) is 0 Å². The van der Waals surface area contributed by atoms with E-state index in [0.29, 0.717) is 0 Å². The van der Waals surface area contributed by atoms with Crippen molar-refractivity contribution in [3.05, 3.63) is 216 Å². The highest BCUT2D eigenvalue weighted by Crippen LogP contribution is 2.61. The Morgan fingerprint density at radius 3 is 1.73 bits per heavy atom. The molecule has 0 aliphatic heterocycles. The Morgan fingerprint density at radius 2 is 1.00 bits per heavy atom. The number of rotatable bonds is 4. The average molecular weight is 661 g/mol. The quantitative estimate of drug-likeness (QED) is 0.183. The van der Waals surface area contributed by atoms with Gasteiger partial charge in [0.1, 0.15) is 11.2 Å². The Bertz CT molecular complexity index is 2950. The predicted molar refractivity (Wildman–Crippen MR) is 217 cm³/mol. The summed E-state index contributed by atoms with van der Waals surface area (Å²) in [6.07, 6.45) is 0. The molecule has 1 heterocycles. The molecule has 0 saturated heterocycles. The summed E-state index contributed by atoms with van der Waals surface area (Å²) in [5, 5.41) is 7.21. The van der Waals surface area contributed by atoms with Gasteiger partial charge in [0.05, 0.1) is 5.41 Å². The fourth-order valence-electron chi connectivity index (χ4n) is 9.13. The van der Waals surface area contributed by atoms with Gasteiger partial charge in [-0.3, -0.25) is 0 Å². The molecule has 0 saturated carbocycles. The molecule has 11 rings (SSSR count). The molecule has 0 spiro atoms. The van der Waals surface area contributed by atoms with Crippen molar-refractivity contribution >= 4 is 43.5 Å². The van der Waals surface area contributed by atoms with Crippen LogP contribution in [0.1, 0.15) is 22.3 Å². The van der Waals surface area contributed by atoms with E-state index in [1.807, 2.05) is 0 Å². The zero-order chi connectivity index (χ0) is 34.2. The van der Waals surface area contributed by atoms with E-state index in [1.165, 1.54) is 77.2 Å². The summed E-state index contributed by atoms with van der Waals surface area (Å²) >= 11 is 0. The molecular weight excluding hydrogens is 629 g/mol. The standard InChI is InChI=1S/C51H32O/c1-4-15-33(16-5-1)43-30-36-19-12-13-24-41(36)49-42-28-27-37(31-45(42)51(50(43)49,38-20-6-2-7-21-38)39-22-8-3-9-23-39)40-25-14-26-46-48(40)44-29-34-17-10-11-18-35(34)32-47(44)52-46/h1-32H. The molecule has 52 heavy (non-hydrogen) atoms. The first kappa shape index (κ1) is 29.1. The third kappa shape index (κ3) is 4.05. The first-order valence-electron chi connectivity index (χ1n) is 18.0. The van der Waals surface area contributed by atoms with E-state index in [0.717, 1.165) is 21.9 Å². The summed E-state index contributed by atoms with van der Waals surface area (Å²) in [5.74, 6) is 0. The molecule has 242 valence electrons. The van der Waals surface area contributed by atoms with E-state index in [1.54, 1.807) is 0 Å². The van der Waals surface area contributed by atoms with Crippen molar-refractivity contribution in [3.8, 4) is 33.4 Å². The van der Waals surface area contributed by atoms with Crippen molar-refractivity contribution in [2.24, 2.45) is 0 Å². The highest BCUT2D eigenvalue weighted by molar-refractivity contribution is 6.16. The number of furan rings is 1. The molecule has 1 aliphatic carbocycles. The zero-order valence-corrected chi connectivity index (χ0v) is 28.4. The summed E-state index contributed by atoms with van der Waals surface area (Å²) in [7, 11) is 0. The molecule has 0 fully saturated rings. The van der Waals surface area contributed by atoms with Crippen molar-refractivity contribution in [2.45, 2.75) is 5.41 Å². The lowest BCUT2D eigenvalue weighted by atomic mass is 9.65. The molecule has 9 aromatic carbocycles. The molecule has 10 aromatic rings. The number of hydrogen-bond acceptors (Lipinski definition) is 1. The number of benzene rings is 9. The van der Waals surface area contributed by atoms with E-state index >= 15 is 0 Å². The maximum absolute atomic E-state index is 6.56. The number of hydrogen-bond donors (Lipinski definition) is 0. The van der Waals surface area contributed by atoms with Crippen molar-refractivity contribution < 1.29 is 4.42 Å². The Kier molecular flexibility index (Phi) is 6.23. The highest BCUT2D eigenvalue weighted by atomic mass is 16.3. The molecule has 0 amide bonds. The van der Waals surface area contributed by atoms with Gasteiger partial charge in [0.2, 0.25) is 0 Å². The van der Waals surface area contributed by atoms with Gasteiger partial charge in [-0.25, -0.2) is 0 Å². The van der Waals surface area contributed by atoms with Crippen LogP contribution in [0.4, 0.5) is 0 Å². The first-order valence-corrected chi connectivity index (χ1v) is 18.0. The lowest BCUT2D eigenvalue weighted by molar-refractivity contribution is 0.669. The van der Waals surface area contributed by atoms with Crippen LogP contribution in [-0.4, -0.2) is 0 Å². The molecule has 1 heteroatoms. The van der Waals surface area contributed by atoms with Gasteiger partial charge in [-0.15, -0.1) is 0 Å². The third-order valence-corrected chi connectivity index (χ3v) is 11.3. The van der Waals surface area contributed by atoms with Crippen LogP contribution in [0.15, 0.2) is 199 Å². The molecule has 0 N–H and O–H groups in total. The normalized spacial score (nSPS) is 13.2. The van der Waals surface area contributed by atoms with Gasteiger partial charge >= 0.3 is 0 Å². The lowest BCUT2D eigenvalue weighted by Crippen LogP contribution is -2.29. The largest absolute Gasteiger partial charge is 0.456 e. The third-order valence-electron chi connectivity index (χ3n) is 11.3. The molecule has 0 atom stereocenters. The SMILES string of the molecule is c1ccc(-c2cc3ccccc3c3c2C(c2ccccc2)(c2ccccc2)c2cc(-c4cccc5oc6cc7ccccc7cc6c45)ccc2-3)cc1. The van der Waals surface area contributed by atoms with Crippen LogP contribution in [0.2, 0.25) is 0 Å². The van der Waals surface area contributed by atoms with Crippen LogP contribution in [0.25, 0.3) is 76.9 Å². The monoisotopic (exact) mass is 660 g/mol. The van der Waals surface area contributed by atoms with Crippen LogP contribution < -0.4 is 0 Å². The Balaban J connectivity index is 1.29. The van der Waals surface area contributed by atoms with Crippen molar-refractivity contribution in [1.82, 2.24) is 0 Å². The van der Waals surface area contributed by atoms with Gasteiger partial charge in [-0.1, -0.05) is 164 Å². The minimum absolute atomic E-state index is 0.582. The fourth-order valence-corrected chi connectivity index (χ4v) is 9.13. The summed E-state index contributed by atoms with van der Waals surface area (Å²) in [6, 6.07) is 71.2. The Hall–Kier alpha value is -6.70. The van der Waals surface area contributed by atoms with E-state index < -0.39 is 5.41 Å². The van der Waals surface area contributed by atoms with Crippen LogP contribution in [0.5, 0.6) is 0 Å². The van der Waals surface area contributed by atoms with Gasteiger partial charge < -0.3 is 4.42 Å². The van der Waals surface area contributed by atoms with Crippen LogP contribution in [0.3, 0.4) is 0 Å². The fraction of sp³-hybridized carbons (Fsp3) is 0.0196. The smallest absolute Gasteiger partial charge is 0.136 e. The van der Waals surface area contributed by atoms with Gasteiger partial charge in [0.15, 0.2) is 0 Å². The Labute approximate surface area is 302 Å². The second kappa shape index (κ2) is 11.2. The van der Waals surface area contributed by atoms with E-state index in [9.17, 15) is 0 Å². The van der Waals surface area contributed by atoms with Crippen LogP contribution >= 0.6 is 0 Å². The Morgan fingerprint density at radius 1 is 0.365 bits per heavy atom. The van der Waals surface area contributed by atoms with Gasteiger partial charge in [-0.2, -0.15) is 0 Å². The average Bonchev–Trinajstić information content (AvgIpc) is 3.74. The predicted octanol–water partition coefficient (Wildman–Crippen LogP) is 13.6. The molecule has 0 bridgehead atoms. The van der Waals surface area contributed by atoms with Crippen molar-refractivity contribution in [2.75, 3.05) is 0 Å². The molecule has 1 nitrogen and oxygen atoms in total. The molecule has 1 aromatic heterocycles. The lowest BCUT2D eigenvalue weighted by Gasteiger charge is -2.35. The second-order valence-electron chi connectivity index (χ2n) is 14.0. The van der Waals surface area contributed by atoms with E-state index in [2.05, 4.69) is 194 Å². The van der Waals surface area contributed by atoms with Gasteiger partial charge in [-0.05, 0) is 108 Å². The summed E-state index contributed by atoms with van der Waals surface area (Å²) in [4.78, 5) is 0. The zero-order valence-electron chi connectivity index (χ0n) is 28.4. The van der Waals surface area contributed by atoms with E-state index in [4.69, 9.17) is 4.42 Å². The second-order valence-corrected chi connectivity index (χ2v) is 14.0. The summed E-state index contributed by atoms with van der Waals surface area (Å²) < 4.78 is 6.56. The van der Waals surface area contributed by atoms with E-state index in [-0.39, 0.29) is 0 Å². The first-order chi connectivity index (χ1) is 25.8. The maximum atomic E-state index is 6.56. The van der Waals surface area contributed by atoms with Crippen LogP contribution in [-0.2, 0) is 5.41 Å². The van der Waals surface area contributed by atoms with Crippen molar-refractivity contribution in [1.29, 1.82) is 0 Å². The molecular formula is C51H32O. The summed E-state index contributed by atoms with van der Waals surface area (Å²) in [5.41, 5.74) is 13.8. The van der Waals surface area contributed by atoms with Gasteiger partial charge in [0.25, 0.3) is 0 Å².